The molecule has 1 atom stereocenters. The van der Waals surface area contributed by atoms with Crippen LogP contribution in [0.3, 0.4) is 0 Å². The zero-order valence-corrected chi connectivity index (χ0v) is 17.1. The molecular formula is C21H22ClN3O2S. The number of nitrogens with zero attached hydrogens (tertiary/aromatic N) is 2. The van der Waals surface area contributed by atoms with Gasteiger partial charge in [0.05, 0.1) is 12.3 Å². The van der Waals surface area contributed by atoms with Crippen LogP contribution in [0, 0.1) is 5.92 Å². The number of halogens is 1. The fourth-order valence-electron chi connectivity index (χ4n) is 2.61. The van der Waals surface area contributed by atoms with Crippen LogP contribution in [-0.2, 0) is 15.3 Å². The molecule has 7 heteroatoms. The van der Waals surface area contributed by atoms with Gasteiger partial charge in [-0.25, -0.2) is 0 Å². The highest BCUT2D eigenvalue weighted by Crippen LogP contribution is 2.28. The summed E-state index contributed by atoms with van der Waals surface area (Å²) in [5, 5.41) is 6.68. The third kappa shape index (κ3) is 5.09. The number of hydrazone groups is 1. The molecule has 146 valence electrons. The van der Waals surface area contributed by atoms with E-state index in [0.717, 1.165) is 17.7 Å². The highest BCUT2D eigenvalue weighted by molar-refractivity contribution is 8.13. The molecule has 5 nitrogen and oxygen atoms in total. The topological polar surface area (TPSA) is 67.9 Å². The van der Waals surface area contributed by atoms with E-state index in [1.54, 1.807) is 11.1 Å². The minimum absolute atomic E-state index is 0.0680. The number of anilines is 1. The first kappa shape index (κ1) is 20.3. The molecule has 0 saturated carbocycles. The standard InChI is InChI=1S/C21H22ClN3O2S/c1-2-12-27-19-13-18(20(23)24-25(19)17-6-4-3-5-7-17)21(26)28-14-15-8-10-16(22)11-9-15/h3-11,13,18H,2,12,14H2,1H3,(H2,23,24). The molecule has 1 heterocycles. The lowest BCUT2D eigenvalue weighted by molar-refractivity contribution is -0.111. The van der Waals surface area contributed by atoms with Crippen molar-refractivity contribution in [2.45, 2.75) is 19.1 Å². The number of nitrogens with two attached hydrogens (primary N) is 1. The Kier molecular flexibility index (Phi) is 7.01. The van der Waals surface area contributed by atoms with Crippen molar-refractivity contribution in [3.05, 3.63) is 77.1 Å². The summed E-state index contributed by atoms with van der Waals surface area (Å²) in [7, 11) is 0. The monoisotopic (exact) mass is 415 g/mol. The summed E-state index contributed by atoms with van der Waals surface area (Å²) in [5.74, 6) is 0.694. The molecule has 0 radical (unpaired) electrons. The zero-order valence-electron chi connectivity index (χ0n) is 15.5. The number of benzene rings is 2. The number of hydrogen-bond donors (Lipinski definition) is 1. The SMILES string of the molecule is CCCOC1=CC(C(=O)SCc2ccc(Cl)cc2)C(N)=NN1c1ccccc1. The van der Waals surface area contributed by atoms with E-state index in [1.807, 2.05) is 61.5 Å². The predicted octanol–water partition coefficient (Wildman–Crippen LogP) is 4.78. The summed E-state index contributed by atoms with van der Waals surface area (Å²) in [6, 6.07) is 17.0. The fraction of sp³-hybridized carbons (Fsp3) is 0.238. The van der Waals surface area contributed by atoms with E-state index in [4.69, 9.17) is 22.1 Å². The fourth-order valence-corrected chi connectivity index (χ4v) is 3.60. The van der Waals surface area contributed by atoms with Crippen molar-refractivity contribution in [3.8, 4) is 0 Å². The van der Waals surface area contributed by atoms with Crippen molar-refractivity contribution in [2.75, 3.05) is 11.6 Å². The van der Waals surface area contributed by atoms with E-state index >= 15 is 0 Å². The highest BCUT2D eigenvalue weighted by Gasteiger charge is 2.29. The van der Waals surface area contributed by atoms with Gasteiger partial charge in [0.2, 0.25) is 11.0 Å². The second kappa shape index (κ2) is 9.66. The molecule has 2 aromatic rings. The van der Waals surface area contributed by atoms with Gasteiger partial charge in [-0.2, -0.15) is 10.1 Å². The Morgan fingerprint density at radius 1 is 1.21 bits per heavy atom. The molecule has 1 aliphatic heterocycles. The van der Waals surface area contributed by atoms with Gasteiger partial charge in [0.15, 0.2) is 0 Å². The van der Waals surface area contributed by atoms with Crippen LogP contribution in [0.2, 0.25) is 5.02 Å². The van der Waals surface area contributed by atoms with Gasteiger partial charge >= 0.3 is 0 Å². The number of para-hydroxylation sites is 1. The molecule has 0 fully saturated rings. The minimum Gasteiger partial charge on any atom is -0.478 e. The van der Waals surface area contributed by atoms with Crippen LogP contribution in [-0.4, -0.2) is 17.6 Å². The Labute approximate surface area is 174 Å². The Bertz CT molecular complexity index is 869. The second-order valence-corrected chi connectivity index (χ2v) is 7.65. The van der Waals surface area contributed by atoms with Crippen molar-refractivity contribution in [1.82, 2.24) is 0 Å². The van der Waals surface area contributed by atoms with Crippen LogP contribution in [0.25, 0.3) is 0 Å². The summed E-state index contributed by atoms with van der Waals surface area (Å²) in [6.45, 7) is 2.56. The molecule has 0 spiro atoms. The third-order valence-corrected chi connectivity index (χ3v) is 5.32. The number of hydrogen-bond acceptors (Lipinski definition) is 6. The molecule has 3 rings (SSSR count). The summed E-state index contributed by atoms with van der Waals surface area (Å²) in [6.07, 6.45) is 2.60. The number of carbonyl (C=O) groups is 1. The number of amidine groups is 1. The maximum absolute atomic E-state index is 12.8. The molecular weight excluding hydrogens is 394 g/mol. The first-order valence-electron chi connectivity index (χ1n) is 9.03. The average molecular weight is 416 g/mol. The van der Waals surface area contributed by atoms with Gasteiger partial charge in [0.1, 0.15) is 11.8 Å². The Balaban J connectivity index is 1.75. The average Bonchev–Trinajstić information content (AvgIpc) is 2.72. The van der Waals surface area contributed by atoms with E-state index in [2.05, 4.69) is 5.10 Å². The number of carbonyl (C=O) groups excluding carboxylic acids is 1. The van der Waals surface area contributed by atoms with Crippen LogP contribution < -0.4 is 10.7 Å². The first-order chi connectivity index (χ1) is 13.6. The molecule has 1 unspecified atom stereocenters. The van der Waals surface area contributed by atoms with Crippen molar-refractivity contribution in [2.24, 2.45) is 16.8 Å². The second-order valence-electron chi connectivity index (χ2n) is 6.24. The zero-order chi connectivity index (χ0) is 19.9. The molecule has 0 amide bonds. The smallest absolute Gasteiger partial charge is 0.212 e. The van der Waals surface area contributed by atoms with E-state index in [-0.39, 0.29) is 11.0 Å². The summed E-state index contributed by atoms with van der Waals surface area (Å²) >= 11 is 7.11. The lowest BCUT2D eigenvalue weighted by Gasteiger charge is -2.28. The van der Waals surface area contributed by atoms with Gasteiger partial charge in [-0.1, -0.05) is 60.6 Å². The highest BCUT2D eigenvalue weighted by atomic mass is 35.5. The van der Waals surface area contributed by atoms with Crippen molar-refractivity contribution in [3.63, 3.8) is 0 Å². The summed E-state index contributed by atoms with van der Waals surface area (Å²) in [5.41, 5.74) is 7.99. The molecule has 0 saturated heterocycles. The number of thioether (sulfide) groups is 1. The van der Waals surface area contributed by atoms with E-state index < -0.39 is 5.92 Å². The van der Waals surface area contributed by atoms with Crippen LogP contribution in [0.15, 0.2) is 71.7 Å². The largest absolute Gasteiger partial charge is 0.478 e. The summed E-state index contributed by atoms with van der Waals surface area (Å²) in [4.78, 5) is 12.8. The maximum atomic E-state index is 12.8. The normalized spacial score (nSPS) is 16.4. The van der Waals surface area contributed by atoms with E-state index in [9.17, 15) is 4.79 Å². The van der Waals surface area contributed by atoms with Crippen LogP contribution in [0.4, 0.5) is 5.69 Å². The Morgan fingerprint density at radius 3 is 2.61 bits per heavy atom. The molecule has 0 aliphatic carbocycles. The predicted molar refractivity (Wildman–Crippen MR) is 116 cm³/mol. The Morgan fingerprint density at radius 2 is 1.93 bits per heavy atom. The van der Waals surface area contributed by atoms with Gasteiger partial charge in [-0.3, -0.25) is 4.79 Å². The Hall–Kier alpha value is -2.44. The minimum atomic E-state index is -0.621. The summed E-state index contributed by atoms with van der Waals surface area (Å²) < 4.78 is 5.85. The lowest BCUT2D eigenvalue weighted by atomic mass is 10.1. The van der Waals surface area contributed by atoms with Gasteiger partial charge in [0, 0.05) is 10.8 Å². The van der Waals surface area contributed by atoms with E-state index in [1.165, 1.54) is 11.8 Å². The van der Waals surface area contributed by atoms with Crippen LogP contribution in [0.5, 0.6) is 0 Å². The molecule has 28 heavy (non-hydrogen) atoms. The van der Waals surface area contributed by atoms with Gasteiger partial charge < -0.3 is 10.5 Å². The number of rotatable bonds is 7. The maximum Gasteiger partial charge on any atom is 0.212 e. The van der Waals surface area contributed by atoms with Crippen LogP contribution >= 0.6 is 23.4 Å². The molecule has 2 N–H and O–H groups in total. The van der Waals surface area contributed by atoms with Gasteiger partial charge in [-0.15, -0.1) is 0 Å². The molecule has 2 aromatic carbocycles. The van der Waals surface area contributed by atoms with Crippen molar-refractivity contribution >= 4 is 40.0 Å². The lowest BCUT2D eigenvalue weighted by Crippen LogP contribution is -2.37. The van der Waals surface area contributed by atoms with Crippen molar-refractivity contribution in [1.29, 1.82) is 0 Å². The van der Waals surface area contributed by atoms with Gasteiger partial charge in [0.25, 0.3) is 0 Å². The van der Waals surface area contributed by atoms with E-state index in [0.29, 0.717) is 23.3 Å². The van der Waals surface area contributed by atoms with Crippen molar-refractivity contribution < 1.29 is 9.53 Å². The molecule has 0 aromatic heterocycles. The van der Waals surface area contributed by atoms with Crippen LogP contribution in [0.1, 0.15) is 18.9 Å². The third-order valence-electron chi connectivity index (χ3n) is 4.06. The molecule has 1 aliphatic rings. The first-order valence-corrected chi connectivity index (χ1v) is 10.4. The molecule has 0 bridgehead atoms. The van der Waals surface area contributed by atoms with Gasteiger partial charge in [-0.05, 0) is 42.3 Å². The number of ether oxygens (including phenoxy) is 1. The quantitative estimate of drug-likeness (QED) is 0.705.